The number of nitrogens with two attached hydrogens (primary N) is 1. The molecule has 0 bridgehead atoms. The summed E-state index contributed by atoms with van der Waals surface area (Å²) in [5, 5.41) is 8.97. The number of hydrogen-bond acceptors (Lipinski definition) is 4. The fraction of sp³-hybridized carbons (Fsp3) is 0.417. The van der Waals surface area contributed by atoms with Gasteiger partial charge in [0.2, 0.25) is 0 Å². The molecule has 1 aromatic carbocycles. The minimum atomic E-state index is -4.36. The van der Waals surface area contributed by atoms with Crippen molar-refractivity contribution in [3.63, 3.8) is 0 Å². The molecule has 0 aliphatic carbocycles. The van der Waals surface area contributed by atoms with E-state index < -0.39 is 18.8 Å². The van der Waals surface area contributed by atoms with Crippen molar-refractivity contribution in [2.24, 2.45) is 0 Å². The zero-order chi connectivity index (χ0) is 15.2. The molecule has 0 aliphatic heterocycles. The Balaban J connectivity index is 2.40. The highest BCUT2D eigenvalue weighted by atomic mass is 19.4. The van der Waals surface area contributed by atoms with Gasteiger partial charge < -0.3 is 20.3 Å². The van der Waals surface area contributed by atoms with Crippen LogP contribution in [0.4, 0.5) is 18.9 Å². The Morgan fingerprint density at radius 3 is 2.60 bits per heavy atom. The van der Waals surface area contributed by atoms with Crippen LogP contribution < -0.4 is 10.5 Å². The van der Waals surface area contributed by atoms with E-state index >= 15 is 0 Å². The normalized spacial score (nSPS) is 11.3. The first-order chi connectivity index (χ1) is 9.31. The lowest BCUT2D eigenvalue weighted by Gasteiger charge is -2.11. The molecule has 0 aliphatic rings. The SMILES string of the molecule is Nc1cccc(OCCCOCC(F)(F)F)c1C(=O)O. The summed E-state index contributed by atoms with van der Waals surface area (Å²) >= 11 is 0. The van der Waals surface area contributed by atoms with Gasteiger partial charge in [-0.25, -0.2) is 4.79 Å². The molecule has 5 nitrogen and oxygen atoms in total. The lowest BCUT2D eigenvalue weighted by atomic mass is 10.1. The number of ether oxygens (including phenoxy) is 2. The van der Waals surface area contributed by atoms with Crippen molar-refractivity contribution in [1.82, 2.24) is 0 Å². The quantitative estimate of drug-likeness (QED) is 0.595. The highest BCUT2D eigenvalue weighted by molar-refractivity contribution is 5.96. The Bertz CT molecular complexity index is 463. The van der Waals surface area contributed by atoms with Gasteiger partial charge in [-0.05, 0) is 12.1 Å². The Morgan fingerprint density at radius 1 is 1.30 bits per heavy atom. The lowest BCUT2D eigenvalue weighted by Crippen LogP contribution is -2.18. The molecule has 0 unspecified atom stereocenters. The second kappa shape index (κ2) is 6.99. The van der Waals surface area contributed by atoms with Gasteiger partial charge in [-0.2, -0.15) is 13.2 Å². The van der Waals surface area contributed by atoms with Crippen molar-refractivity contribution in [2.45, 2.75) is 12.6 Å². The van der Waals surface area contributed by atoms with E-state index in [0.29, 0.717) is 0 Å². The van der Waals surface area contributed by atoms with Crippen molar-refractivity contribution < 1.29 is 32.5 Å². The molecule has 0 atom stereocenters. The van der Waals surface area contributed by atoms with Crippen molar-refractivity contribution in [3.05, 3.63) is 23.8 Å². The minimum absolute atomic E-state index is 0.0294. The first kappa shape index (κ1) is 16.1. The Labute approximate surface area is 113 Å². The first-order valence-corrected chi connectivity index (χ1v) is 5.70. The van der Waals surface area contributed by atoms with E-state index in [-0.39, 0.29) is 36.6 Å². The fourth-order valence-electron chi connectivity index (χ4n) is 1.43. The third-order valence-corrected chi connectivity index (χ3v) is 2.23. The van der Waals surface area contributed by atoms with Crippen LogP contribution in [0.5, 0.6) is 5.75 Å². The van der Waals surface area contributed by atoms with Gasteiger partial charge in [0.15, 0.2) is 0 Å². The van der Waals surface area contributed by atoms with Crippen LogP contribution in [0.3, 0.4) is 0 Å². The number of carbonyl (C=O) groups is 1. The maximum atomic E-state index is 11.8. The molecule has 0 fully saturated rings. The number of carboxylic acid groups (broad SMARTS) is 1. The van der Waals surface area contributed by atoms with Gasteiger partial charge in [-0.15, -0.1) is 0 Å². The third kappa shape index (κ3) is 5.35. The second-order valence-corrected chi connectivity index (χ2v) is 3.90. The summed E-state index contributed by atoms with van der Waals surface area (Å²) in [6, 6.07) is 4.37. The van der Waals surface area contributed by atoms with Crippen LogP contribution in [0.2, 0.25) is 0 Å². The molecular formula is C12H14F3NO4. The van der Waals surface area contributed by atoms with Gasteiger partial charge in [-0.1, -0.05) is 6.07 Å². The van der Waals surface area contributed by atoms with Gasteiger partial charge in [0, 0.05) is 12.1 Å². The second-order valence-electron chi connectivity index (χ2n) is 3.90. The highest BCUT2D eigenvalue weighted by Gasteiger charge is 2.27. The van der Waals surface area contributed by atoms with Crippen LogP contribution in [0, 0.1) is 0 Å². The van der Waals surface area contributed by atoms with E-state index in [1.807, 2.05) is 0 Å². The van der Waals surface area contributed by atoms with Crippen molar-refractivity contribution in [1.29, 1.82) is 0 Å². The summed E-state index contributed by atoms with van der Waals surface area (Å²) in [5.74, 6) is -1.15. The van der Waals surface area contributed by atoms with Crippen LogP contribution >= 0.6 is 0 Å². The molecule has 3 N–H and O–H groups in total. The molecule has 8 heteroatoms. The standard InChI is InChI=1S/C12H14F3NO4/c13-12(14,15)7-19-5-2-6-20-9-4-1-3-8(16)10(9)11(17)18/h1,3-4H,2,5-7,16H2,(H,17,18). The zero-order valence-corrected chi connectivity index (χ0v) is 10.4. The largest absolute Gasteiger partial charge is 0.493 e. The van der Waals surface area contributed by atoms with Gasteiger partial charge in [0.05, 0.1) is 13.2 Å². The Morgan fingerprint density at radius 2 is 2.00 bits per heavy atom. The summed E-state index contributed by atoms with van der Waals surface area (Å²) < 4.78 is 44.9. The van der Waals surface area contributed by atoms with Crippen LogP contribution in [-0.2, 0) is 4.74 Å². The molecule has 0 amide bonds. The van der Waals surface area contributed by atoms with Crippen LogP contribution in [0.25, 0.3) is 0 Å². The zero-order valence-electron chi connectivity index (χ0n) is 10.4. The van der Waals surface area contributed by atoms with Crippen molar-refractivity contribution in [3.8, 4) is 5.75 Å². The number of rotatable bonds is 7. The molecule has 0 radical (unpaired) electrons. The average molecular weight is 293 g/mol. The Kier molecular flexibility index (Phi) is 5.63. The number of alkyl halides is 3. The van der Waals surface area contributed by atoms with Crippen molar-refractivity contribution >= 4 is 11.7 Å². The van der Waals surface area contributed by atoms with Gasteiger partial charge in [-0.3, -0.25) is 0 Å². The number of halogens is 3. The molecule has 20 heavy (non-hydrogen) atoms. The number of hydrogen-bond donors (Lipinski definition) is 2. The third-order valence-electron chi connectivity index (χ3n) is 2.23. The molecule has 0 spiro atoms. The van der Waals surface area contributed by atoms with E-state index in [9.17, 15) is 18.0 Å². The summed E-state index contributed by atoms with van der Waals surface area (Å²) in [4.78, 5) is 11.0. The summed E-state index contributed by atoms with van der Waals surface area (Å²) in [6.07, 6.45) is -4.16. The van der Waals surface area contributed by atoms with Crippen molar-refractivity contribution in [2.75, 3.05) is 25.6 Å². The minimum Gasteiger partial charge on any atom is -0.493 e. The summed E-state index contributed by atoms with van der Waals surface area (Å²) in [7, 11) is 0. The number of carboxylic acids is 1. The molecule has 1 rings (SSSR count). The van der Waals surface area contributed by atoms with Crippen LogP contribution in [0.1, 0.15) is 16.8 Å². The van der Waals surface area contributed by atoms with E-state index in [4.69, 9.17) is 15.6 Å². The molecule has 112 valence electrons. The Hall–Kier alpha value is -1.96. The van der Waals surface area contributed by atoms with Crippen LogP contribution in [0.15, 0.2) is 18.2 Å². The van der Waals surface area contributed by atoms with E-state index in [1.54, 1.807) is 0 Å². The highest BCUT2D eigenvalue weighted by Crippen LogP contribution is 2.24. The predicted octanol–water partition coefficient (Wildman–Crippen LogP) is 2.31. The maximum Gasteiger partial charge on any atom is 0.411 e. The van der Waals surface area contributed by atoms with Gasteiger partial charge in [0.1, 0.15) is 17.9 Å². The first-order valence-electron chi connectivity index (χ1n) is 5.70. The number of benzene rings is 1. The summed E-state index contributed by atoms with van der Waals surface area (Å²) in [6.45, 7) is -1.42. The fourth-order valence-corrected chi connectivity index (χ4v) is 1.43. The number of aromatic carboxylic acids is 1. The molecule has 1 aromatic rings. The molecule has 0 aromatic heterocycles. The smallest absolute Gasteiger partial charge is 0.411 e. The maximum absolute atomic E-state index is 11.8. The van der Waals surface area contributed by atoms with E-state index in [2.05, 4.69) is 4.74 Å². The average Bonchev–Trinajstić information content (AvgIpc) is 2.31. The number of anilines is 1. The molecule has 0 saturated heterocycles. The molecular weight excluding hydrogens is 279 g/mol. The predicted molar refractivity (Wildman–Crippen MR) is 64.8 cm³/mol. The van der Waals surface area contributed by atoms with Gasteiger partial charge >= 0.3 is 12.1 Å². The van der Waals surface area contributed by atoms with E-state index in [0.717, 1.165) is 0 Å². The van der Waals surface area contributed by atoms with E-state index in [1.165, 1.54) is 18.2 Å². The number of nitrogen functional groups attached to an aromatic ring is 1. The monoisotopic (exact) mass is 293 g/mol. The molecule has 0 heterocycles. The molecule has 0 saturated carbocycles. The lowest BCUT2D eigenvalue weighted by molar-refractivity contribution is -0.174. The van der Waals surface area contributed by atoms with Crippen LogP contribution in [-0.4, -0.2) is 37.1 Å². The topological polar surface area (TPSA) is 81.8 Å². The summed E-state index contributed by atoms with van der Waals surface area (Å²) in [5.41, 5.74) is 5.41. The van der Waals surface area contributed by atoms with Gasteiger partial charge in [0.25, 0.3) is 0 Å².